The number of β-lactam (4-membered cyclic amide) rings is 1. The molecule has 3 heterocycles. The molecule has 2 fully saturated rings. The van der Waals surface area contributed by atoms with Crippen molar-refractivity contribution in [1.82, 2.24) is 9.80 Å². The monoisotopic (exact) mass is 466 g/mol. The van der Waals surface area contributed by atoms with E-state index in [1.165, 1.54) is 0 Å². The summed E-state index contributed by atoms with van der Waals surface area (Å²) in [5.41, 5.74) is 1.37. The molecule has 3 aliphatic rings. The number of fused-ring (bicyclic) bond motifs is 1. The zero-order valence-electron chi connectivity index (χ0n) is 19.4. The molecule has 178 valence electrons. The highest BCUT2D eigenvalue weighted by atomic mass is 16.7. The summed E-state index contributed by atoms with van der Waals surface area (Å²) in [6.07, 6.45) is -0.508. The van der Waals surface area contributed by atoms with E-state index in [1.807, 2.05) is 6.07 Å². The van der Waals surface area contributed by atoms with E-state index in [0.717, 1.165) is 10.5 Å². The van der Waals surface area contributed by atoms with Crippen LogP contribution in [0.15, 0.2) is 42.5 Å². The van der Waals surface area contributed by atoms with Gasteiger partial charge in [0.25, 0.3) is 11.8 Å². The Morgan fingerprint density at radius 1 is 1.00 bits per heavy atom. The molecule has 0 N–H and O–H groups in total. The van der Waals surface area contributed by atoms with E-state index < -0.39 is 35.8 Å². The van der Waals surface area contributed by atoms with Crippen LogP contribution < -0.4 is 9.47 Å². The molecule has 2 aromatic carbocycles. The Labute approximate surface area is 197 Å². The van der Waals surface area contributed by atoms with E-state index in [0.29, 0.717) is 22.6 Å². The molecule has 0 bridgehead atoms. The number of likely N-dealkylation sites (tertiary alicyclic amines) is 1. The van der Waals surface area contributed by atoms with Gasteiger partial charge in [-0.3, -0.25) is 19.3 Å². The Morgan fingerprint density at radius 3 is 2.24 bits per heavy atom. The summed E-state index contributed by atoms with van der Waals surface area (Å²) in [5.74, 6) is -0.901. The molecule has 0 radical (unpaired) electrons. The smallest absolute Gasteiger partial charge is 0.262 e. The van der Waals surface area contributed by atoms with Crippen LogP contribution in [0.3, 0.4) is 0 Å². The Morgan fingerprint density at radius 2 is 1.68 bits per heavy atom. The SMILES string of the molecule is COc1ccc(CN2C(=O)[C@H](N3C(=O)c4ccccc4C3=O)[C@@H]2[C@H]2COC(C)(C)O2)c(OC)c1. The summed E-state index contributed by atoms with van der Waals surface area (Å²) in [6, 6.07) is 10.4. The number of imide groups is 1. The van der Waals surface area contributed by atoms with Crippen LogP contribution in [0.1, 0.15) is 40.1 Å². The van der Waals surface area contributed by atoms with Crippen LogP contribution in [0.4, 0.5) is 0 Å². The Bertz CT molecular complexity index is 1140. The number of nitrogens with zero attached hydrogens (tertiary/aromatic N) is 2. The summed E-state index contributed by atoms with van der Waals surface area (Å²) in [5, 5.41) is 0. The van der Waals surface area contributed by atoms with Gasteiger partial charge in [-0.15, -0.1) is 0 Å². The third kappa shape index (κ3) is 3.43. The molecule has 9 nitrogen and oxygen atoms in total. The van der Waals surface area contributed by atoms with Gasteiger partial charge in [0.15, 0.2) is 5.79 Å². The molecule has 34 heavy (non-hydrogen) atoms. The van der Waals surface area contributed by atoms with E-state index in [2.05, 4.69) is 0 Å². The molecular formula is C25H26N2O7. The van der Waals surface area contributed by atoms with Crippen molar-refractivity contribution < 1.29 is 33.3 Å². The zero-order chi connectivity index (χ0) is 24.2. The first-order chi connectivity index (χ1) is 16.3. The summed E-state index contributed by atoms with van der Waals surface area (Å²) in [7, 11) is 3.11. The van der Waals surface area contributed by atoms with Crippen molar-refractivity contribution in [3.8, 4) is 11.5 Å². The minimum Gasteiger partial charge on any atom is -0.497 e. The molecule has 0 spiro atoms. The lowest BCUT2D eigenvalue weighted by Crippen LogP contribution is -2.74. The van der Waals surface area contributed by atoms with Gasteiger partial charge in [0.1, 0.15) is 23.6 Å². The molecule has 0 aromatic heterocycles. The lowest BCUT2D eigenvalue weighted by atomic mass is 9.88. The fourth-order valence-electron chi connectivity index (χ4n) is 4.91. The quantitative estimate of drug-likeness (QED) is 0.476. The standard InChI is InChI=1S/C25H26N2O7/c1-25(2)33-13-19(34-25)20-21(27-22(28)16-7-5-6-8-17(16)23(27)29)24(30)26(20)12-14-9-10-15(31-3)11-18(14)32-4/h5-11,19-21H,12-13H2,1-4H3/t19-,20+,21-/m1/s1. The van der Waals surface area contributed by atoms with Crippen molar-refractivity contribution in [3.05, 3.63) is 59.2 Å². The van der Waals surface area contributed by atoms with Crippen LogP contribution in [0.25, 0.3) is 0 Å². The van der Waals surface area contributed by atoms with Gasteiger partial charge in [-0.2, -0.15) is 0 Å². The average Bonchev–Trinajstić information content (AvgIpc) is 3.31. The van der Waals surface area contributed by atoms with Crippen molar-refractivity contribution >= 4 is 17.7 Å². The van der Waals surface area contributed by atoms with Crippen LogP contribution >= 0.6 is 0 Å². The molecule has 2 saturated heterocycles. The predicted molar refractivity (Wildman–Crippen MR) is 120 cm³/mol. The summed E-state index contributed by atoms with van der Waals surface area (Å²) < 4.78 is 22.6. The van der Waals surface area contributed by atoms with Gasteiger partial charge in [-0.25, -0.2) is 0 Å². The van der Waals surface area contributed by atoms with Gasteiger partial charge in [0.05, 0.1) is 38.0 Å². The van der Waals surface area contributed by atoms with E-state index in [-0.39, 0.29) is 19.1 Å². The third-order valence-electron chi connectivity index (χ3n) is 6.57. The Kier molecular flexibility index (Phi) is 5.33. The Hall–Kier alpha value is -3.43. The van der Waals surface area contributed by atoms with E-state index in [9.17, 15) is 14.4 Å². The summed E-state index contributed by atoms with van der Waals surface area (Å²) >= 11 is 0. The topological polar surface area (TPSA) is 94.6 Å². The van der Waals surface area contributed by atoms with Gasteiger partial charge in [-0.1, -0.05) is 12.1 Å². The maximum atomic E-state index is 13.5. The molecule has 2 aromatic rings. The first kappa shape index (κ1) is 22.4. The van der Waals surface area contributed by atoms with Gasteiger partial charge in [0.2, 0.25) is 5.91 Å². The fourth-order valence-corrected chi connectivity index (χ4v) is 4.91. The van der Waals surface area contributed by atoms with Crippen LogP contribution in [0, 0.1) is 0 Å². The lowest BCUT2D eigenvalue weighted by Gasteiger charge is -2.51. The van der Waals surface area contributed by atoms with Crippen molar-refractivity contribution in [2.45, 2.75) is 44.4 Å². The molecule has 3 amide bonds. The van der Waals surface area contributed by atoms with Crippen LogP contribution in [-0.2, 0) is 20.8 Å². The number of hydrogen-bond donors (Lipinski definition) is 0. The number of methoxy groups -OCH3 is 2. The van der Waals surface area contributed by atoms with Crippen molar-refractivity contribution in [2.75, 3.05) is 20.8 Å². The maximum absolute atomic E-state index is 13.5. The van der Waals surface area contributed by atoms with E-state index >= 15 is 0 Å². The maximum Gasteiger partial charge on any atom is 0.262 e. The molecular weight excluding hydrogens is 440 g/mol. The second-order valence-corrected chi connectivity index (χ2v) is 8.97. The number of benzene rings is 2. The lowest BCUT2D eigenvalue weighted by molar-refractivity contribution is -0.179. The van der Waals surface area contributed by atoms with Crippen LogP contribution in [0.5, 0.6) is 11.5 Å². The highest BCUT2D eigenvalue weighted by Crippen LogP contribution is 2.40. The minimum atomic E-state index is -0.973. The highest BCUT2D eigenvalue weighted by Gasteiger charge is 2.60. The first-order valence-corrected chi connectivity index (χ1v) is 11.1. The van der Waals surface area contributed by atoms with Gasteiger partial charge in [0, 0.05) is 18.2 Å². The molecule has 0 aliphatic carbocycles. The normalized spacial score (nSPS) is 25.4. The third-order valence-corrected chi connectivity index (χ3v) is 6.57. The number of carbonyl (C=O) groups is 3. The number of amides is 3. The van der Waals surface area contributed by atoms with Gasteiger partial charge in [-0.05, 0) is 38.1 Å². The highest BCUT2D eigenvalue weighted by molar-refractivity contribution is 6.23. The van der Waals surface area contributed by atoms with Crippen molar-refractivity contribution in [1.29, 1.82) is 0 Å². The molecule has 0 saturated carbocycles. The second kappa shape index (κ2) is 8.11. The van der Waals surface area contributed by atoms with E-state index in [1.54, 1.807) is 69.4 Å². The fraction of sp³-hybridized carbons (Fsp3) is 0.400. The number of hydrogen-bond acceptors (Lipinski definition) is 7. The predicted octanol–water partition coefficient (Wildman–Crippen LogP) is 2.23. The zero-order valence-corrected chi connectivity index (χ0v) is 19.4. The average molecular weight is 466 g/mol. The molecule has 3 atom stereocenters. The van der Waals surface area contributed by atoms with Crippen molar-refractivity contribution in [3.63, 3.8) is 0 Å². The molecule has 5 rings (SSSR count). The van der Waals surface area contributed by atoms with Crippen LogP contribution in [0.2, 0.25) is 0 Å². The Balaban J connectivity index is 1.48. The molecule has 0 unspecified atom stereocenters. The second-order valence-electron chi connectivity index (χ2n) is 8.97. The molecule has 3 aliphatic heterocycles. The minimum absolute atomic E-state index is 0.219. The van der Waals surface area contributed by atoms with E-state index in [4.69, 9.17) is 18.9 Å². The number of carbonyl (C=O) groups excluding carboxylic acids is 3. The first-order valence-electron chi connectivity index (χ1n) is 11.1. The number of rotatable bonds is 6. The van der Waals surface area contributed by atoms with Gasteiger partial charge >= 0.3 is 0 Å². The largest absolute Gasteiger partial charge is 0.497 e. The number of ether oxygens (including phenoxy) is 4. The summed E-state index contributed by atoms with van der Waals surface area (Å²) in [4.78, 5) is 42.4. The van der Waals surface area contributed by atoms with Crippen LogP contribution in [-0.4, -0.2) is 72.3 Å². The van der Waals surface area contributed by atoms with Crippen molar-refractivity contribution in [2.24, 2.45) is 0 Å². The molecule has 9 heteroatoms. The van der Waals surface area contributed by atoms with Gasteiger partial charge < -0.3 is 23.8 Å². The summed E-state index contributed by atoms with van der Waals surface area (Å²) in [6.45, 7) is 4.04.